The van der Waals surface area contributed by atoms with Gasteiger partial charge in [0.1, 0.15) is 11.3 Å². The minimum Gasteiger partial charge on any atom is -1.00 e. The smallest absolute Gasteiger partial charge is 1.00 e. The van der Waals surface area contributed by atoms with Crippen LogP contribution in [-0.4, -0.2) is 72.4 Å². The predicted octanol–water partition coefficient (Wildman–Crippen LogP) is 0.184. The first-order valence-corrected chi connectivity index (χ1v) is 4.81. The van der Waals surface area contributed by atoms with Gasteiger partial charge >= 0.3 is 55.6 Å². The van der Waals surface area contributed by atoms with Gasteiger partial charge in [-0.1, -0.05) is 12.1 Å². The van der Waals surface area contributed by atoms with Crippen molar-refractivity contribution < 1.29 is 32.2 Å². The third kappa shape index (κ3) is 9.43. The van der Waals surface area contributed by atoms with E-state index in [2.05, 4.69) is 10.5 Å². The molecule has 0 fully saturated rings. The van der Waals surface area contributed by atoms with Gasteiger partial charge in [-0.25, -0.2) is 4.79 Å². The second-order valence-electron chi connectivity index (χ2n) is 2.99. The van der Waals surface area contributed by atoms with E-state index in [0.29, 0.717) is 0 Å². The fourth-order valence-corrected chi connectivity index (χ4v) is 0.887. The maximum Gasteiger partial charge on any atom is 2.00 e. The fourth-order valence-electron chi connectivity index (χ4n) is 0.887. The van der Waals surface area contributed by atoms with Gasteiger partial charge in [-0.15, -0.1) is 0 Å². The normalized spacial score (nSPS) is 8.32. The molecule has 102 valence electrons. The minimum absolute atomic E-state index is 0. The molecule has 0 amide bonds. The quantitative estimate of drug-likeness (QED) is 0.412. The standard InChI is InChI=1S/C9H8O4.C2H5NO2.Ca.2H/c1-6(10)13-8-5-3-2-4-7(8)9(11)12;3-1-2(4)5;;;/h2-5H,1H3,(H,11,12);1,3H2,(H,4,5);;;/q;;+2;2*-1. The molecule has 0 heterocycles. The van der Waals surface area contributed by atoms with E-state index < -0.39 is 17.9 Å². The molecule has 0 bridgehead atoms. The number of esters is 1. The van der Waals surface area contributed by atoms with Crippen molar-refractivity contribution in [3.63, 3.8) is 0 Å². The van der Waals surface area contributed by atoms with Crippen molar-refractivity contribution in [3.8, 4) is 5.75 Å². The van der Waals surface area contributed by atoms with Gasteiger partial charge in [0.15, 0.2) is 0 Å². The molecule has 0 aliphatic heterocycles. The minimum atomic E-state index is -1.11. The van der Waals surface area contributed by atoms with E-state index in [1.54, 1.807) is 12.1 Å². The molecule has 0 unspecified atom stereocenters. The van der Waals surface area contributed by atoms with E-state index in [1.807, 2.05) is 0 Å². The number of aromatic carboxylic acids is 1. The summed E-state index contributed by atoms with van der Waals surface area (Å²) in [6, 6.07) is 5.98. The van der Waals surface area contributed by atoms with Crippen molar-refractivity contribution in [1.29, 1.82) is 0 Å². The molecular weight excluding hydrogens is 282 g/mol. The van der Waals surface area contributed by atoms with Crippen molar-refractivity contribution >= 4 is 55.6 Å². The molecule has 0 atom stereocenters. The first kappa shape index (κ1) is 20.2. The molecule has 1 rings (SSSR count). The summed E-state index contributed by atoms with van der Waals surface area (Å²) in [5, 5.41) is 16.3. The molecule has 0 saturated heterocycles. The Kier molecular flexibility index (Phi) is 11.4. The zero-order valence-electron chi connectivity index (χ0n) is 12.3. The van der Waals surface area contributed by atoms with E-state index in [4.69, 9.17) is 10.2 Å². The Morgan fingerprint density at radius 1 is 1.26 bits per heavy atom. The molecule has 8 heteroatoms. The Labute approximate surface area is 142 Å². The van der Waals surface area contributed by atoms with Gasteiger partial charge < -0.3 is 23.5 Å². The molecule has 1 aromatic rings. The number of rotatable bonds is 3. The number of carboxylic acids is 2. The van der Waals surface area contributed by atoms with Gasteiger partial charge in [0.05, 0.1) is 6.54 Å². The average Bonchev–Trinajstić information content (AvgIpc) is 2.29. The van der Waals surface area contributed by atoms with Gasteiger partial charge in [0.2, 0.25) is 0 Å². The summed E-state index contributed by atoms with van der Waals surface area (Å²) in [5.74, 6) is -2.54. The number of hydrogen-bond donors (Lipinski definition) is 3. The summed E-state index contributed by atoms with van der Waals surface area (Å²) in [5.41, 5.74) is 4.56. The topological polar surface area (TPSA) is 127 Å². The van der Waals surface area contributed by atoms with Crippen LogP contribution in [0, 0.1) is 0 Å². The van der Waals surface area contributed by atoms with Gasteiger partial charge in [0.25, 0.3) is 0 Å². The Balaban J connectivity index is -0.000000159. The van der Waals surface area contributed by atoms with E-state index >= 15 is 0 Å². The molecule has 0 aromatic heterocycles. The number of carbonyl (C=O) groups is 3. The maximum absolute atomic E-state index is 10.6. The first-order valence-electron chi connectivity index (χ1n) is 4.81. The van der Waals surface area contributed by atoms with Crippen LogP contribution in [0.4, 0.5) is 0 Å². The summed E-state index contributed by atoms with van der Waals surface area (Å²) < 4.78 is 4.69. The number of nitrogens with two attached hydrogens (primary N) is 1. The van der Waals surface area contributed by atoms with Crippen LogP contribution in [0.1, 0.15) is 20.1 Å². The summed E-state index contributed by atoms with van der Waals surface area (Å²) in [6.07, 6.45) is 0. The molecular formula is C11H15CaNO6. The van der Waals surface area contributed by atoms with E-state index in [-0.39, 0.29) is 58.4 Å². The third-order valence-electron chi connectivity index (χ3n) is 1.55. The third-order valence-corrected chi connectivity index (χ3v) is 1.55. The second kappa shape index (κ2) is 10.7. The SMILES string of the molecule is CC(=O)Oc1ccccc1C(=O)O.NCC(=O)O.[Ca+2].[H-].[H-]. The van der Waals surface area contributed by atoms with Crippen molar-refractivity contribution in [2.75, 3.05) is 6.54 Å². The molecule has 0 radical (unpaired) electrons. The number of benzene rings is 1. The van der Waals surface area contributed by atoms with Gasteiger partial charge in [-0.05, 0) is 12.1 Å². The van der Waals surface area contributed by atoms with Crippen LogP contribution in [0.25, 0.3) is 0 Å². The molecule has 0 aliphatic carbocycles. The fraction of sp³-hybridized carbons (Fsp3) is 0.182. The molecule has 0 aliphatic rings. The second-order valence-corrected chi connectivity index (χ2v) is 2.99. The first-order chi connectivity index (χ1) is 8.38. The van der Waals surface area contributed by atoms with Crippen LogP contribution < -0.4 is 10.5 Å². The molecule has 0 spiro atoms. The summed E-state index contributed by atoms with van der Waals surface area (Å²) in [4.78, 5) is 30.4. The van der Waals surface area contributed by atoms with Crippen molar-refractivity contribution in [3.05, 3.63) is 29.8 Å². The average molecular weight is 297 g/mol. The molecule has 7 nitrogen and oxygen atoms in total. The van der Waals surface area contributed by atoms with Gasteiger partial charge in [-0.2, -0.15) is 0 Å². The van der Waals surface area contributed by atoms with E-state index in [0.717, 1.165) is 0 Å². The molecule has 19 heavy (non-hydrogen) atoms. The zero-order chi connectivity index (χ0) is 14.1. The maximum atomic E-state index is 10.6. The number of para-hydroxylation sites is 1. The Bertz CT molecular complexity index is 458. The Morgan fingerprint density at radius 2 is 1.74 bits per heavy atom. The molecule has 1 aromatic carbocycles. The van der Waals surface area contributed by atoms with Crippen LogP contribution in [0.15, 0.2) is 24.3 Å². The van der Waals surface area contributed by atoms with Crippen LogP contribution >= 0.6 is 0 Å². The van der Waals surface area contributed by atoms with Gasteiger partial charge in [-0.3, -0.25) is 9.59 Å². The van der Waals surface area contributed by atoms with Crippen molar-refractivity contribution in [1.82, 2.24) is 0 Å². The Hall–Kier alpha value is -1.15. The van der Waals surface area contributed by atoms with Crippen LogP contribution in [0.5, 0.6) is 5.75 Å². The number of aliphatic carboxylic acids is 1. The largest absolute Gasteiger partial charge is 2.00 e. The van der Waals surface area contributed by atoms with Crippen LogP contribution in [-0.2, 0) is 9.59 Å². The summed E-state index contributed by atoms with van der Waals surface area (Å²) >= 11 is 0. The summed E-state index contributed by atoms with van der Waals surface area (Å²) in [6.45, 7) is 0.943. The zero-order valence-corrected chi connectivity index (χ0v) is 12.5. The number of hydrogen-bond acceptors (Lipinski definition) is 5. The van der Waals surface area contributed by atoms with Crippen molar-refractivity contribution in [2.24, 2.45) is 5.73 Å². The number of carbonyl (C=O) groups excluding carboxylic acids is 1. The van der Waals surface area contributed by atoms with E-state index in [9.17, 15) is 14.4 Å². The van der Waals surface area contributed by atoms with E-state index in [1.165, 1.54) is 19.1 Å². The van der Waals surface area contributed by atoms with Gasteiger partial charge in [0, 0.05) is 6.92 Å². The number of carboxylic acid groups (broad SMARTS) is 2. The predicted molar refractivity (Wildman–Crippen MR) is 69.4 cm³/mol. The van der Waals surface area contributed by atoms with Crippen molar-refractivity contribution in [2.45, 2.75) is 6.92 Å². The number of ether oxygens (including phenoxy) is 1. The van der Waals surface area contributed by atoms with Crippen LogP contribution in [0.2, 0.25) is 0 Å². The molecule has 4 N–H and O–H groups in total. The Morgan fingerprint density at radius 3 is 2.11 bits per heavy atom. The monoisotopic (exact) mass is 297 g/mol. The molecule has 0 saturated carbocycles. The van der Waals surface area contributed by atoms with Crippen LogP contribution in [0.3, 0.4) is 0 Å². The summed E-state index contributed by atoms with van der Waals surface area (Å²) in [7, 11) is 0.